The molecule has 0 aliphatic carbocycles. The van der Waals surface area contributed by atoms with Gasteiger partial charge >= 0.3 is 6.18 Å². The number of benzene rings is 1. The van der Waals surface area contributed by atoms with Crippen LogP contribution in [0.5, 0.6) is 0 Å². The van der Waals surface area contributed by atoms with E-state index in [0.717, 1.165) is 5.56 Å². The first-order valence-electron chi connectivity index (χ1n) is 6.05. The van der Waals surface area contributed by atoms with Crippen molar-refractivity contribution in [2.75, 3.05) is 6.61 Å². The first-order chi connectivity index (χ1) is 9.32. The van der Waals surface area contributed by atoms with E-state index in [4.69, 9.17) is 14.9 Å². The van der Waals surface area contributed by atoms with E-state index in [9.17, 15) is 18.3 Å². The maximum Gasteiger partial charge on any atom is 0.417 e. The van der Waals surface area contributed by atoms with Gasteiger partial charge in [0.1, 0.15) is 6.10 Å². The van der Waals surface area contributed by atoms with Crippen molar-refractivity contribution in [2.24, 2.45) is 0 Å². The molecule has 1 aromatic carbocycles. The SMILES string of the molecule is O[C@H]([C@@H](O)CCOCc1ccccc1)[C@H](O)C(F)(F)F. The number of rotatable bonds is 7. The van der Waals surface area contributed by atoms with E-state index >= 15 is 0 Å². The van der Waals surface area contributed by atoms with Crippen LogP contribution in [0, 0.1) is 0 Å². The van der Waals surface area contributed by atoms with Crippen molar-refractivity contribution in [2.45, 2.75) is 37.5 Å². The Hall–Kier alpha value is -1.15. The summed E-state index contributed by atoms with van der Waals surface area (Å²) in [5.41, 5.74) is 0.887. The molecule has 0 heterocycles. The number of aliphatic hydroxyl groups is 3. The molecule has 3 atom stereocenters. The minimum Gasteiger partial charge on any atom is -0.390 e. The Morgan fingerprint density at radius 1 is 1.05 bits per heavy atom. The fraction of sp³-hybridized carbons (Fsp3) is 0.538. The summed E-state index contributed by atoms with van der Waals surface area (Å²) in [6, 6.07) is 9.10. The van der Waals surface area contributed by atoms with E-state index in [1.165, 1.54) is 0 Å². The molecule has 0 amide bonds. The number of hydrogen-bond donors (Lipinski definition) is 3. The Bertz CT molecular complexity index is 383. The normalized spacial score (nSPS) is 16.7. The van der Waals surface area contributed by atoms with Gasteiger partial charge in [-0.05, 0) is 12.0 Å². The molecule has 0 aromatic heterocycles. The van der Waals surface area contributed by atoms with E-state index in [0.29, 0.717) is 0 Å². The maximum atomic E-state index is 12.1. The third-order valence-electron chi connectivity index (χ3n) is 2.72. The zero-order valence-corrected chi connectivity index (χ0v) is 10.6. The lowest BCUT2D eigenvalue weighted by molar-refractivity contribution is -0.242. The van der Waals surface area contributed by atoms with Crippen molar-refractivity contribution in [1.29, 1.82) is 0 Å². The predicted octanol–water partition coefficient (Wildman–Crippen LogP) is 1.24. The van der Waals surface area contributed by atoms with Crippen molar-refractivity contribution < 1.29 is 33.2 Å². The van der Waals surface area contributed by atoms with Gasteiger partial charge < -0.3 is 20.1 Å². The average Bonchev–Trinajstić information content (AvgIpc) is 2.41. The lowest BCUT2D eigenvalue weighted by Crippen LogP contribution is -2.46. The van der Waals surface area contributed by atoms with Gasteiger partial charge in [0.15, 0.2) is 6.10 Å². The summed E-state index contributed by atoms with van der Waals surface area (Å²) in [4.78, 5) is 0. The molecule has 0 saturated carbocycles. The largest absolute Gasteiger partial charge is 0.417 e. The summed E-state index contributed by atoms with van der Waals surface area (Å²) < 4.78 is 41.5. The minimum absolute atomic E-state index is 0.0301. The van der Waals surface area contributed by atoms with Gasteiger partial charge in [0.05, 0.1) is 12.7 Å². The maximum absolute atomic E-state index is 12.1. The number of hydrogen-bond acceptors (Lipinski definition) is 4. The first kappa shape index (κ1) is 16.9. The van der Waals surface area contributed by atoms with E-state index in [1.807, 2.05) is 30.3 Å². The Morgan fingerprint density at radius 3 is 2.20 bits per heavy atom. The van der Waals surface area contributed by atoms with Crippen LogP contribution in [-0.4, -0.2) is 46.4 Å². The van der Waals surface area contributed by atoms with Crippen molar-refractivity contribution in [1.82, 2.24) is 0 Å². The van der Waals surface area contributed by atoms with Crippen molar-refractivity contribution >= 4 is 0 Å². The lowest BCUT2D eigenvalue weighted by atomic mass is 10.1. The van der Waals surface area contributed by atoms with Crippen LogP contribution < -0.4 is 0 Å². The van der Waals surface area contributed by atoms with Gasteiger partial charge in [0.25, 0.3) is 0 Å². The number of halogens is 3. The summed E-state index contributed by atoms with van der Waals surface area (Å²) in [6.07, 6.45) is -12.1. The quantitative estimate of drug-likeness (QED) is 0.662. The Balaban J connectivity index is 2.28. The molecular weight excluding hydrogens is 277 g/mol. The molecule has 0 radical (unpaired) electrons. The van der Waals surface area contributed by atoms with Crippen LogP contribution >= 0.6 is 0 Å². The monoisotopic (exact) mass is 294 g/mol. The van der Waals surface area contributed by atoms with Crippen LogP contribution in [-0.2, 0) is 11.3 Å². The van der Waals surface area contributed by atoms with Gasteiger partial charge in [0.2, 0.25) is 0 Å². The fourth-order valence-electron chi connectivity index (χ4n) is 1.54. The van der Waals surface area contributed by atoms with Crippen molar-refractivity contribution in [3.05, 3.63) is 35.9 Å². The summed E-state index contributed by atoms with van der Waals surface area (Å²) in [5, 5.41) is 27.3. The zero-order valence-electron chi connectivity index (χ0n) is 10.6. The van der Waals surface area contributed by atoms with Gasteiger partial charge in [-0.25, -0.2) is 0 Å². The summed E-state index contributed by atoms with van der Waals surface area (Å²) in [7, 11) is 0. The molecule has 0 aliphatic heterocycles. The van der Waals surface area contributed by atoms with Gasteiger partial charge in [-0.1, -0.05) is 30.3 Å². The molecule has 0 fully saturated rings. The van der Waals surface area contributed by atoms with Crippen LogP contribution in [0.2, 0.25) is 0 Å². The molecule has 1 aromatic rings. The Labute approximate surface area is 114 Å². The second kappa shape index (κ2) is 7.58. The van der Waals surface area contributed by atoms with E-state index in [1.54, 1.807) is 0 Å². The van der Waals surface area contributed by atoms with E-state index < -0.39 is 24.5 Å². The van der Waals surface area contributed by atoms with Crippen molar-refractivity contribution in [3.63, 3.8) is 0 Å². The highest BCUT2D eigenvalue weighted by Gasteiger charge is 2.45. The van der Waals surface area contributed by atoms with Crippen molar-refractivity contribution in [3.8, 4) is 0 Å². The van der Waals surface area contributed by atoms with Crippen LogP contribution in [0.25, 0.3) is 0 Å². The third-order valence-corrected chi connectivity index (χ3v) is 2.72. The molecule has 20 heavy (non-hydrogen) atoms. The predicted molar refractivity (Wildman–Crippen MR) is 64.8 cm³/mol. The van der Waals surface area contributed by atoms with Gasteiger partial charge in [-0.2, -0.15) is 13.2 Å². The molecule has 3 N–H and O–H groups in total. The molecule has 0 bridgehead atoms. The standard InChI is InChI=1S/C13H17F3O4/c14-13(15,16)12(19)11(18)10(17)6-7-20-8-9-4-2-1-3-5-9/h1-5,10-12,17-19H,6-8H2/t10-,11+,12-/m0/s1. The second-order valence-electron chi connectivity index (χ2n) is 4.37. The number of alkyl halides is 3. The number of ether oxygens (including phenoxy) is 1. The molecule has 7 heteroatoms. The minimum atomic E-state index is -4.97. The topological polar surface area (TPSA) is 69.9 Å². The summed E-state index contributed by atoms with van der Waals surface area (Å²) in [6.45, 7) is 0.225. The smallest absolute Gasteiger partial charge is 0.390 e. The summed E-state index contributed by atoms with van der Waals surface area (Å²) in [5.74, 6) is 0. The lowest BCUT2D eigenvalue weighted by Gasteiger charge is -2.24. The molecule has 0 spiro atoms. The van der Waals surface area contributed by atoms with E-state index in [-0.39, 0.29) is 19.6 Å². The average molecular weight is 294 g/mol. The van der Waals surface area contributed by atoms with Crippen LogP contribution in [0.4, 0.5) is 13.2 Å². The highest BCUT2D eigenvalue weighted by Crippen LogP contribution is 2.24. The Kier molecular flexibility index (Phi) is 6.41. The molecule has 1 rings (SSSR count). The van der Waals surface area contributed by atoms with E-state index in [2.05, 4.69) is 0 Å². The highest BCUT2D eigenvalue weighted by atomic mass is 19.4. The first-order valence-corrected chi connectivity index (χ1v) is 6.05. The Morgan fingerprint density at radius 2 is 1.65 bits per heavy atom. The molecular formula is C13H17F3O4. The van der Waals surface area contributed by atoms with Crippen LogP contribution in [0.3, 0.4) is 0 Å². The number of aliphatic hydroxyl groups excluding tert-OH is 3. The zero-order chi connectivity index (χ0) is 15.2. The van der Waals surface area contributed by atoms with Crippen LogP contribution in [0.1, 0.15) is 12.0 Å². The molecule has 0 aliphatic rings. The van der Waals surface area contributed by atoms with Crippen LogP contribution in [0.15, 0.2) is 30.3 Å². The van der Waals surface area contributed by atoms with Gasteiger partial charge in [0, 0.05) is 6.61 Å². The molecule has 0 unspecified atom stereocenters. The molecule has 4 nitrogen and oxygen atoms in total. The molecule has 114 valence electrons. The highest BCUT2D eigenvalue weighted by molar-refractivity contribution is 5.13. The van der Waals surface area contributed by atoms with Gasteiger partial charge in [-0.15, -0.1) is 0 Å². The fourth-order valence-corrected chi connectivity index (χ4v) is 1.54. The summed E-state index contributed by atoms with van der Waals surface area (Å²) >= 11 is 0. The van der Waals surface area contributed by atoms with Gasteiger partial charge in [-0.3, -0.25) is 0 Å². The third kappa shape index (κ3) is 5.46. The molecule has 0 saturated heterocycles. The second-order valence-corrected chi connectivity index (χ2v) is 4.37.